The average molecular weight is 313 g/mol. The number of ether oxygens (including phenoxy) is 2. The van der Waals surface area contributed by atoms with Gasteiger partial charge in [0.25, 0.3) is 0 Å². The van der Waals surface area contributed by atoms with Crippen LogP contribution in [0.2, 0.25) is 5.02 Å². The van der Waals surface area contributed by atoms with Gasteiger partial charge in [0.15, 0.2) is 5.78 Å². The normalized spacial score (nSPS) is 11.1. The minimum atomic E-state index is -1.21. The van der Waals surface area contributed by atoms with Gasteiger partial charge in [-0.2, -0.15) is 0 Å². The molecule has 0 atom stereocenters. The summed E-state index contributed by atoms with van der Waals surface area (Å²) in [5, 5.41) is 0.669. The first-order chi connectivity index (χ1) is 9.82. The van der Waals surface area contributed by atoms with Gasteiger partial charge >= 0.3 is 5.97 Å². The number of hydrogen-bond acceptors (Lipinski definition) is 4. The number of rotatable bonds is 7. The van der Waals surface area contributed by atoms with Crippen molar-refractivity contribution in [1.29, 1.82) is 0 Å². The number of ketones is 1. The predicted molar refractivity (Wildman–Crippen MR) is 81.7 cm³/mol. The molecule has 0 amide bonds. The van der Waals surface area contributed by atoms with Crippen LogP contribution in [0.5, 0.6) is 5.75 Å². The van der Waals surface area contributed by atoms with Crippen LogP contribution in [0.1, 0.15) is 33.3 Å². The fourth-order valence-corrected chi connectivity index (χ4v) is 1.92. The predicted octanol–water partition coefficient (Wildman–Crippen LogP) is 3.44. The molecule has 0 saturated carbocycles. The number of halogens is 1. The lowest BCUT2D eigenvalue weighted by Crippen LogP contribution is -2.38. The quantitative estimate of drug-likeness (QED) is 0.571. The van der Waals surface area contributed by atoms with Crippen molar-refractivity contribution < 1.29 is 19.1 Å². The highest BCUT2D eigenvalue weighted by atomic mass is 35.5. The summed E-state index contributed by atoms with van der Waals surface area (Å²) in [6.07, 6.45) is 0.776. The first kappa shape index (κ1) is 17.5. The molecule has 0 radical (unpaired) electrons. The third kappa shape index (κ3) is 4.46. The van der Waals surface area contributed by atoms with Crippen molar-refractivity contribution in [3.05, 3.63) is 28.8 Å². The van der Waals surface area contributed by atoms with Gasteiger partial charge in [-0.3, -0.25) is 9.59 Å². The summed E-state index contributed by atoms with van der Waals surface area (Å²) in [4.78, 5) is 23.9. The average Bonchev–Trinajstić information content (AvgIpc) is 2.46. The standard InChI is InChI=1S/C16H21ClO4/c1-5-11-9-12(7-8-13(11)17)21-10-14(18)16(3,4)15(19)20-6-2/h7-9H,5-6,10H2,1-4H3. The molecule has 0 saturated heterocycles. The number of benzene rings is 1. The lowest BCUT2D eigenvalue weighted by atomic mass is 9.88. The van der Waals surface area contributed by atoms with E-state index in [4.69, 9.17) is 21.1 Å². The molecule has 0 aliphatic heterocycles. The van der Waals surface area contributed by atoms with Crippen LogP contribution in [0.15, 0.2) is 18.2 Å². The number of Topliss-reactive ketones (excluding diaryl/α,β-unsaturated/α-hetero) is 1. The zero-order valence-electron chi connectivity index (χ0n) is 12.9. The third-order valence-electron chi connectivity index (χ3n) is 3.25. The monoisotopic (exact) mass is 312 g/mol. The summed E-state index contributed by atoms with van der Waals surface area (Å²) in [5.41, 5.74) is -0.262. The summed E-state index contributed by atoms with van der Waals surface area (Å²) >= 11 is 6.02. The molecule has 5 heteroatoms. The fraction of sp³-hybridized carbons (Fsp3) is 0.500. The molecule has 0 heterocycles. The molecule has 0 N–H and O–H groups in total. The van der Waals surface area contributed by atoms with Gasteiger partial charge < -0.3 is 9.47 Å². The van der Waals surface area contributed by atoms with Crippen molar-refractivity contribution >= 4 is 23.4 Å². The number of carbonyl (C=O) groups excluding carboxylic acids is 2. The van der Waals surface area contributed by atoms with Crippen LogP contribution < -0.4 is 4.74 Å². The summed E-state index contributed by atoms with van der Waals surface area (Å²) in [6, 6.07) is 5.23. The van der Waals surface area contributed by atoms with E-state index in [1.165, 1.54) is 13.8 Å². The summed E-state index contributed by atoms with van der Waals surface area (Å²) in [5.74, 6) is -0.304. The van der Waals surface area contributed by atoms with Crippen molar-refractivity contribution in [3.8, 4) is 5.75 Å². The lowest BCUT2D eigenvalue weighted by Gasteiger charge is -2.20. The van der Waals surface area contributed by atoms with Gasteiger partial charge in [0.2, 0.25) is 0 Å². The molecular weight excluding hydrogens is 292 g/mol. The van der Waals surface area contributed by atoms with E-state index in [9.17, 15) is 9.59 Å². The van der Waals surface area contributed by atoms with Crippen LogP contribution in [0, 0.1) is 5.41 Å². The first-order valence-corrected chi connectivity index (χ1v) is 7.32. The number of hydrogen-bond donors (Lipinski definition) is 0. The lowest BCUT2D eigenvalue weighted by molar-refractivity contribution is -0.158. The zero-order valence-corrected chi connectivity index (χ0v) is 13.6. The van der Waals surface area contributed by atoms with Crippen LogP contribution in [0.4, 0.5) is 0 Å². The van der Waals surface area contributed by atoms with E-state index in [0.717, 1.165) is 12.0 Å². The molecule has 0 spiro atoms. The maximum atomic E-state index is 12.1. The van der Waals surface area contributed by atoms with Crippen molar-refractivity contribution in [3.63, 3.8) is 0 Å². The van der Waals surface area contributed by atoms with E-state index >= 15 is 0 Å². The van der Waals surface area contributed by atoms with E-state index < -0.39 is 11.4 Å². The van der Waals surface area contributed by atoms with Crippen molar-refractivity contribution in [2.75, 3.05) is 13.2 Å². The summed E-state index contributed by atoms with van der Waals surface area (Å²) in [6.45, 7) is 6.82. The maximum Gasteiger partial charge on any atom is 0.319 e. The van der Waals surface area contributed by atoms with Gasteiger partial charge in [-0.15, -0.1) is 0 Å². The van der Waals surface area contributed by atoms with E-state index in [-0.39, 0.29) is 19.0 Å². The summed E-state index contributed by atoms with van der Waals surface area (Å²) < 4.78 is 10.4. The molecule has 0 unspecified atom stereocenters. The second kappa shape index (κ2) is 7.46. The molecule has 0 aliphatic carbocycles. The largest absolute Gasteiger partial charge is 0.486 e. The molecular formula is C16H21ClO4. The number of carbonyl (C=O) groups is 2. The van der Waals surface area contributed by atoms with E-state index in [0.29, 0.717) is 10.8 Å². The molecule has 0 aromatic heterocycles. The van der Waals surface area contributed by atoms with Gasteiger partial charge in [0.05, 0.1) is 6.61 Å². The molecule has 0 bridgehead atoms. The van der Waals surface area contributed by atoms with Crippen molar-refractivity contribution in [2.45, 2.75) is 34.1 Å². The smallest absolute Gasteiger partial charge is 0.319 e. The van der Waals surface area contributed by atoms with Gasteiger partial charge in [-0.05, 0) is 51.0 Å². The van der Waals surface area contributed by atoms with Gasteiger partial charge in [0.1, 0.15) is 17.8 Å². The Morgan fingerprint density at radius 2 is 1.90 bits per heavy atom. The minimum Gasteiger partial charge on any atom is -0.486 e. The van der Waals surface area contributed by atoms with Crippen LogP contribution in [-0.4, -0.2) is 25.0 Å². The van der Waals surface area contributed by atoms with Gasteiger partial charge in [0, 0.05) is 5.02 Å². The second-order valence-corrected chi connectivity index (χ2v) is 5.57. The SMILES string of the molecule is CCOC(=O)C(C)(C)C(=O)COc1ccc(Cl)c(CC)c1. The summed E-state index contributed by atoms with van der Waals surface area (Å²) in [7, 11) is 0. The Labute approximate surface area is 130 Å². The minimum absolute atomic E-state index is 0.184. The van der Waals surface area contributed by atoms with Crippen molar-refractivity contribution in [1.82, 2.24) is 0 Å². The highest BCUT2D eigenvalue weighted by Gasteiger charge is 2.37. The Balaban J connectivity index is 2.70. The van der Waals surface area contributed by atoms with Crippen LogP contribution in [-0.2, 0) is 20.7 Å². The Morgan fingerprint density at radius 1 is 1.24 bits per heavy atom. The Bertz CT molecular complexity index is 523. The topological polar surface area (TPSA) is 52.6 Å². The molecule has 0 fully saturated rings. The fourth-order valence-electron chi connectivity index (χ4n) is 1.67. The van der Waals surface area contributed by atoms with Gasteiger partial charge in [-0.1, -0.05) is 18.5 Å². The Morgan fingerprint density at radius 3 is 2.48 bits per heavy atom. The highest BCUT2D eigenvalue weighted by Crippen LogP contribution is 2.24. The highest BCUT2D eigenvalue weighted by molar-refractivity contribution is 6.31. The molecule has 4 nitrogen and oxygen atoms in total. The molecule has 1 aromatic rings. The molecule has 1 rings (SSSR count). The van der Waals surface area contributed by atoms with Gasteiger partial charge in [-0.25, -0.2) is 0 Å². The number of esters is 1. The van der Waals surface area contributed by atoms with Crippen LogP contribution in [0.3, 0.4) is 0 Å². The van der Waals surface area contributed by atoms with E-state index in [2.05, 4.69) is 0 Å². The van der Waals surface area contributed by atoms with Crippen molar-refractivity contribution in [2.24, 2.45) is 5.41 Å². The van der Waals surface area contributed by atoms with E-state index in [1.54, 1.807) is 25.1 Å². The van der Waals surface area contributed by atoms with Crippen LogP contribution in [0.25, 0.3) is 0 Å². The Hall–Kier alpha value is -1.55. The molecule has 21 heavy (non-hydrogen) atoms. The second-order valence-electron chi connectivity index (χ2n) is 5.16. The maximum absolute atomic E-state index is 12.1. The van der Waals surface area contributed by atoms with E-state index in [1.807, 2.05) is 6.92 Å². The van der Waals surface area contributed by atoms with Crippen LogP contribution >= 0.6 is 11.6 Å². The molecule has 0 aliphatic rings. The molecule has 1 aromatic carbocycles. The Kier molecular flexibility index (Phi) is 6.21. The molecule has 116 valence electrons. The zero-order chi connectivity index (χ0) is 16.0. The number of aryl methyl sites for hydroxylation is 1. The first-order valence-electron chi connectivity index (χ1n) is 6.94. The third-order valence-corrected chi connectivity index (χ3v) is 3.62.